The van der Waals surface area contributed by atoms with E-state index < -0.39 is 0 Å². The van der Waals surface area contributed by atoms with Gasteiger partial charge >= 0.3 is 0 Å². The molecule has 16 heavy (non-hydrogen) atoms. The van der Waals surface area contributed by atoms with Crippen LogP contribution in [0.1, 0.15) is 16.7 Å². The quantitative estimate of drug-likeness (QED) is 0.670. The number of nitrogens with zero attached hydrogens (tertiary/aromatic N) is 1. The summed E-state index contributed by atoms with van der Waals surface area (Å²) in [4.78, 5) is 3.88. The van der Waals surface area contributed by atoms with Gasteiger partial charge in [-0.1, -0.05) is 41.5 Å². The molecule has 1 aromatic carbocycles. The van der Waals surface area contributed by atoms with Crippen LogP contribution in [-0.2, 0) is 0 Å². The van der Waals surface area contributed by atoms with Gasteiger partial charge in [-0.3, -0.25) is 4.98 Å². The van der Waals surface area contributed by atoms with Crippen LogP contribution < -0.4 is 0 Å². The number of hydrogen-bond donors (Lipinski definition) is 0. The van der Waals surface area contributed by atoms with Crippen molar-refractivity contribution in [3.8, 4) is 0 Å². The van der Waals surface area contributed by atoms with Crippen LogP contribution in [0.2, 0.25) is 0 Å². The van der Waals surface area contributed by atoms with Gasteiger partial charge in [-0.15, -0.1) is 12.4 Å². The van der Waals surface area contributed by atoms with E-state index in [1.54, 1.807) is 6.20 Å². The molecule has 0 amide bonds. The maximum absolute atomic E-state index is 3.88. The Kier molecular flexibility index (Phi) is 7.23. The molecule has 1 nitrogen and oxygen atoms in total. The minimum Gasteiger partial charge on any atom is -0.264 e. The Morgan fingerprint density at radius 1 is 0.812 bits per heavy atom. The van der Waals surface area contributed by atoms with Crippen LogP contribution in [-0.4, -0.2) is 4.98 Å². The van der Waals surface area contributed by atoms with Crippen LogP contribution in [0, 0.1) is 20.8 Å². The summed E-state index contributed by atoms with van der Waals surface area (Å²) < 4.78 is 0. The van der Waals surface area contributed by atoms with Crippen LogP contribution in [0.15, 0.2) is 48.8 Å². The number of aryl methyl sites for hydroxylation is 3. The Bertz CT molecular complexity index is 381. The lowest BCUT2D eigenvalue weighted by Crippen LogP contribution is -1.71. The largest absolute Gasteiger partial charge is 0.264 e. The van der Waals surface area contributed by atoms with Crippen molar-refractivity contribution in [2.75, 3.05) is 0 Å². The molecular weight excluding hydrogens is 218 g/mol. The first-order valence-corrected chi connectivity index (χ1v) is 5.08. The fourth-order valence-corrected chi connectivity index (χ4v) is 1.26. The normalized spacial score (nSPS) is 8.44. The fraction of sp³-hybridized carbons (Fsp3) is 0.214. The lowest BCUT2D eigenvalue weighted by molar-refractivity contribution is 1.27. The van der Waals surface area contributed by atoms with E-state index in [4.69, 9.17) is 0 Å². The van der Waals surface area contributed by atoms with Crippen molar-refractivity contribution in [3.63, 3.8) is 0 Å². The van der Waals surface area contributed by atoms with Crippen molar-refractivity contribution in [3.05, 3.63) is 65.5 Å². The van der Waals surface area contributed by atoms with E-state index in [0.29, 0.717) is 0 Å². The van der Waals surface area contributed by atoms with Gasteiger partial charge in [0.25, 0.3) is 0 Å². The predicted octanol–water partition coefficient (Wildman–Crippen LogP) is 4.12. The lowest BCUT2D eigenvalue weighted by Gasteiger charge is -1.90. The standard InChI is InChI=1S/C8H10.C6H7N.ClH/c1-7-4-3-5-8(2)6-7;1-6-3-2-4-7-5-6;/h3-6H,1-2H3;2-5H,1H3;1H. The van der Waals surface area contributed by atoms with Gasteiger partial charge in [0, 0.05) is 12.4 Å². The highest BCUT2D eigenvalue weighted by molar-refractivity contribution is 5.85. The monoisotopic (exact) mass is 235 g/mol. The van der Waals surface area contributed by atoms with E-state index >= 15 is 0 Å². The Morgan fingerprint density at radius 3 is 1.62 bits per heavy atom. The van der Waals surface area contributed by atoms with E-state index in [1.165, 1.54) is 16.7 Å². The maximum atomic E-state index is 3.88. The molecule has 2 heteroatoms. The summed E-state index contributed by atoms with van der Waals surface area (Å²) in [5.41, 5.74) is 3.89. The first kappa shape index (κ1) is 14.7. The van der Waals surface area contributed by atoms with Crippen molar-refractivity contribution in [2.45, 2.75) is 20.8 Å². The molecule has 2 aromatic rings. The second-order valence-electron chi connectivity index (χ2n) is 3.69. The molecule has 0 atom stereocenters. The molecule has 0 radical (unpaired) electrons. The molecule has 0 saturated carbocycles. The second-order valence-corrected chi connectivity index (χ2v) is 3.69. The Balaban J connectivity index is 0.000000267. The molecule has 0 aliphatic heterocycles. The van der Waals surface area contributed by atoms with Crippen molar-refractivity contribution in [2.24, 2.45) is 0 Å². The Labute approximate surface area is 104 Å². The summed E-state index contributed by atoms with van der Waals surface area (Å²) in [5, 5.41) is 0. The summed E-state index contributed by atoms with van der Waals surface area (Å²) >= 11 is 0. The van der Waals surface area contributed by atoms with Gasteiger partial charge in [0.1, 0.15) is 0 Å². The average molecular weight is 236 g/mol. The van der Waals surface area contributed by atoms with Gasteiger partial charge in [-0.05, 0) is 32.4 Å². The molecule has 0 bridgehead atoms. The van der Waals surface area contributed by atoms with E-state index in [9.17, 15) is 0 Å². The van der Waals surface area contributed by atoms with Crippen LogP contribution >= 0.6 is 12.4 Å². The molecule has 0 aliphatic rings. The molecule has 0 unspecified atom stereocenters. The van der Waals surface area contributed by atoms with E-state index in [-0.39, 0.29) is 12.4 Å². The van der Waals surface area contributed by atoms with Crippen molar-refractivity contribution >= 4 is 12.4 Å². The fourth-order valence-electron chi connectivity index (χ4n) is 1.26. The highest BCUT2D eigenvalue weighted by Gasteiger charge is 1.80. The number of halogens is 1. The third kappa shape index (κ3) is 6.20. The third-order valence-corrected chi connectivity index (χ3v) is 1.98. The topological polar surface area (TPSA) is 12.9 Å². The summed E-state index contributed by atoms with van der Waals surface area (Å²) in [7, 11) is 0. The predicted molar refractivity (Wildman–Crippen MR) is 72.1 cm³/mol. The van der Waals surface area contributed by atoms with Crippen molar-refractivity contribution in [1.29, 1.82) is 0 Å². The molecule has 0 N–H and O–H groups in total. The smallest absolute Gasteiger partial charge is 0.0297 e. The molecule has 1 heterocycles. The van der Waals surface area contributed by atoms with Gasteiger partial charge in [-0.2, -0.15) is 0 Å². The Morgan fingerprint density at radius 2 is 1.38 bits per heavy atom. The van der Waals surface area contributed by atoms with Gasteiger partial charge in [0.2, 0.25) is 0 Å². The van der Waals surface area contributed by atoms with E-state index in [1.807, 2.05) is 25.3 Å². The van der Waals surface area contributed by atoms with E-state index in [0.717, 1.165) is 0 Å². The number of benzene rings is 1. The first-order chi connectivity index (χ1) is 7.18. The molecule has 0 spiro atoms. The molecule has 1 aromatic heterocycles. The minimum atomic E-state index is 0. The van der Waals surface area contributed by atoms with Gasteiger partial charge in [-0.25, -0.2) is 0 Å². The van der Waals surface area contributed by atoms with Crippen LogP contribution in [0.3, 0.4) is 0 Å². The number of pyridine rings is 1. The lowest BCUT2D eigenvalue weighted by atomic mass is 10.2. The SMILES string of the molecule is Cc1cccc(C)c1.Cc1cccnc1.Cl. The van der Waals surface area contributed by atoms with Gasteiger partial charge in [0.15, 0.2) is 0 Å². The highest BCUT2D eigenvalue weighted by atomic mass is 35.5. The summed E-state index contributed by atoms with van der Waals surface area (Å²) in [6.07, 6.45) is 3.60. The van der Waals surface area contributed by atoms with Crippen LogP contribution in [0.25, 0.3) is 0 Å². The zero-order valence-electron chi connectivity index (χ0n) is 9.97. The Hall–Kier alpha value is -1.34. The van der Waals surface area contributed by atoms with Gasteiger partial charge < -0.3 is 0 Å². The number of rotatable bonds is 0. The van der Waals surface area contributed by atoms with Crippen molar-refractivity contribution in [1.82, 2.24) is 4.98 Å². The molecule has 0 saturated heterocycles. The van der Waals surface area contributed by atoms with Crippen molar-refractivity contribution < 1.29 is 0 Å². The zero-order valence-corrected chi connectivity index (χ0v) is 10.8. The van der Waals surface area contributed by atoms with Crippen LogP contribution in [0.4, 0.5) is 0 Å². The first-order valence-electron chi connectivity index (χ1n) is 5.08. The second kappa shape index (κ2) is 7.89. The summed E-state index contributed by atoms with van der Waals surface area (Å²) in [5.74, 6) is 0. The number of hydrogen-bond acceptors (Lipinski definition) is 1. The third-order valence-electron chi connectivity index (χ3n) is 1.98. The average Bonchev–Trinajstić information content (AvgIpc) is 2.19. The van der Waals surface area contributed by atoms with Crippen LogP contribution in [0.5, 0.6) is 0 Å². The van der Waals surface area contributed by atoms with E-state index in [2.05, 4.69) is 43.1 Å². The van der Waals surface area contributed by atoms with Gasteiger partial charge in [0.05, 0.1) is 0 Å². The molecule has 2 rings (SSSR count). The minimum absolute atomic E-state index is 0. The molecular formula is C14H18ClN. The number of aromatic nitrogens is 1. The molecule has 0 fully saturated rings. The zero-order chi connectivity index (χ0) is 11.1. The highest BCUT2D eigenvalue weighted by Crippen LogP contribution is 2.00. The maximum Gasteiger partial charge on any atom is 0.0297 e. The molecule has 0 aliphatic carbocycles. The summed E-state index contributed by atoms with van der Waals surface area (Å²) in [6, 6.07) is 12.4. The summed E-state index contributed by atoms with van der Waals surface area (Å²) in [6.45, 7) is 6.23. The molecule has 86 valence electrons.